The van der Waals surface area contributed by atoms with Gasteiger partial charge in [0.2, 0.25) is 0 Å². The Balaban J connectivity index is 2.64. The molecule has 0 unspecified atom stereocenters. The SMILES string of the molecule is CC(C)(CCO)Nc1ccc(Cl)nn1. The predicted molar refractivity (Wildman–Crippen MR) is 56.4 cm³/mol. The molecule has 2 N–H and O–H groups in total. The third-order valence-electron chi connectivity index (χ3n) is 1.84. The quantitative estimate of drug-likeness (QED) is 0.803. The van der Waals surface area contributed by atoms with E-state index in [0.29, 0.717) is 17.4 Å². The molecular formula is C9H14ClN3O. The van der Waals surface area contributed by atoms with Crippen molar-refractivity contribution in [1.82, 2.24) is 10.2 Å². The summed E-state index contributed by atoms with van der Waals surface area (Å²) >= 11 is 5.60. The Hall–Kier alpha value is -0.870. The molecule has 0 atom stereocenters. The van der Waals surface area contributed by atoms with Crippen LogP contribution in [0.2, 0.25) is 5.15 Å². The first kappa shape index (κ1) is 11.2. The van der Waals surface area contributed by atoms with Crippen molar-refractivity contribution in [3.63, 3.8) is 0 Å². The van der Waals surface area contributed by atoms with Gasteiger partial charge in [-0.2, -0.15) is 0 Å². The summed E-state index contributed by atoms with van der Waals surface area (Å²) in [6.45, 7) is 4.11. The largest absolute Gasteiger partial charge is 0.396 e. The number of hydrogen-bond acceptors (Lipinski definition) is 4. The third-order valence-corrected chi connectivity index (χ3v) is 2.04. The van der Waals surface area contributed by atoms with E-state index in [9.17, 15) is 0 Å². The van der Waals surface area contributed by atoms with Crippen molar-refractivity contribution < 1.29 is 5.11 Å². The molecular weight excluding hydrogens is 202 g/mol. The van der Waals surface area contributed by atoms with E-state index in [-0.39, 0.29) is 12.1 Å². The number of nitrogens with zero attached hydrogens (tertiary/aromatic N) is 2. The third kappa shape index (κ3) is 3.47. The zero-order valence-electron chi connectivity index (χ0n) is 8.29. The zero-order chi connectivity index (χ0) is 10.6. The number of anilines is 1. The van der Waals surface area contributed by atoms with Gasteiger partial charge in [0.1, 0.15) is 5.82 Å². The summed E-state index contributed by atoms with van der Waals surface area (Å²) in [4.78, 5) is 0. The van der Waals surface area contributed by atoms with Crippen LogP contribution in [0.4, 0.5) is 5.82 Å². The molecule has 14 heavy (non-hydrogen) atoms. The van der Waals surface area contributed by atoms with E-state index in [4.69, 9.17) is 16.7 Å². The van der Waals surface area contributed by atoms with Crippen molar-refractivity contribution in [2.24, 2.45) is 0 Å². The van der Waals surface area contributed by atoms with Crippen LogP contribution >= 0.6 is 11.6 Å². The molecule has 1 aromatic heterocycles. The lowest BCUT2D eigenvalue weighted by Gasteiger charge is -2.25. The number of aliphatic hydroxyl groups is 1. The summed E-state index contributed by atoms with van der Waals surface area (Å²) in [6, 6.07) is 3.43. The fourth-order valence-corrected chi connectivity index (χ4v) is 1.17. The molecule has 78 valence electrons. The maximum Gasteiger partial charge on any atom is 0.151 e. The highest BCUT2D eigenvalue weighted by Crippen LogP contribution is 2.15. The minimum atomic E-state index is -0.197. The highest BCUT2D eigenvalue weighted by atomic mass is 35.5. The normalized spacial score (nSPS) is 11.4. The fourth-order valence-electron chi connectivity index (χ4n) is 1.07. The van der Waals surface area contributed by atoms with Crippen molar-refractivity contribution in [2.45, 2.75) is 25.8 Å². The van der Waals surface area contributed by atoms with Crippen LogP contribution in [0.3, 0.4) is 0 Å². The molecule has 0 aliphatic heterocycles. The van der Waals surface area contributed by atoms with Gasteiger partial charge >= 0.3 is 0 Å². The molecule has 5 heteroatoms. The molecule has 0 amide bonds. The lowest BCUT2D eigenvalue weighted by Crippen LogP contribution is -2.32. The molecule has 0 radical (unpaired) electrons. The molecule has 0 fully saturated rings. The van der Waals surface area contributed by atoms with E-state index in [1.807, 2.05) is 13.8 Å². The molecule has 1 heterocycles. The Morgan fingerprint density at radius 3 is 2.64 bits per heavy atom. The Bertz CT molecular complexity index is 287. The fraction of sp³-hybridized carbons (Fsp3) is 0.556. The summed E-state index contributed by atoms with van der Waals surface area (Å²) in [5.41, 5.74) is -0.197. The van der Waals surface area contributed by atoms with Crippen LogP contribution < -0.4 is 5.32 Å². The second kappa shape index (κ2) is 4.57. The van der Waals surface area contributed by atoms with E-state index in [2.05, 4.69) is 15.5 Å². The minimum absolute atomic E-state index is 0.140. The second-order valence-electron chi connectivity index (χ2n) is 3.72. The summed E-state index contributed by atoms with van der Waals surface area (Å²) in [5, 5.41) is 19.9. The molecule has 0 aliphatic carbocycles. The zero-order valence-corrected chi connectivity index (χ0v) is 9.04. The van der Waals surface area contributed by atoms with Gasteiger partial charge in [-0.15, -0.1) is 10.2 Å². The Labute approximate surface area is 88.3 Å². The Kier molecular flexibility index (Phi) is 3.66. The molecule has 4 nitrogen and oxygen atoms in total. The maximum atomic E-state index is 8.83. The topological polar surface area (TPSA) is 58.0 Å². The van der Waals surface area contributed by atoms with Gasteiger partial charge in [-0.05, 0) is 32.4 Å². The predicted octanol–water partition coefficient (Wildman–Crippen LogP) is 1.70. The monoisotopic (exact) mass is 215 g/mol. The average Bonchev–Trinajstić information content (AvgIpc) is 2.08. The number of nitrogens with one attached hydrogen (secondary N) is 1. The Morgan fingerprint density at radius 2 is 2.14 bits per heavy atom. The van der Waals surface area contributed by atoms with Crippen molar-refractivity contribution in [3.05, 3.63) is 17.3 Å². The average molecular weight is 216 g/mol. The lowest BCUT2D eigenvalue weighted by molar-refractivity contribution is 0.260. The van der Waals surface area contributed by atoms with Crippen LogP contribution in [0.15, 0.2) is 12.1 Å². The van der Waals surface area contributed by atoms with E-state index in [0.717, 1.165) is 0 Å². The van der Waals surface area contributed by atoms with Crippen LogP contribution in [0.1, 0.15) is 20.3 Å². The molecule has 0 aromatic carbocycles. The van der Waals surface area contributed by atoms with E-state index < -0.39 is 0 Å². The van der Waals surface area contributed by atoms with Crippen LogP contribution in [-0.2, 0) is 0 Å². The first-order valence-corrected chi connectivity index (χ1v) is 4.79. The van der Waals surface area contributed by atoms with Crippen molar-refractivity contribution in [2.75, 3.05) is 11.9 Å². The summed E-state index contributed by atoms with van der Waals surface area (Å²) in [6.07, 6.45) is 0.650. The van der Waals surface area contributed by atoms with Crippen molar-refractivity contribution in [3.8, 4) is 0 Å². The van der Waals surface area contributed by atoms with Crippen LogP contribution in [0.5, 0.6) is 0 Å². The summed E-state index contributed by atoms with van der Waals surface area (Å²) < 4.78 is 0. The maximum absolute atomic E-state index is 8.83. The van der Waals surface area contributed by atoms with Gasteiger partial charge in [-0.3, -0.25) is 0 Å². The first-order valence-electron chi connectivity index (χ1n) is 4.42. The molecule has 0 saturated heterocycles. The number of halogens is 1. The van der Waals surface area contributed by atoms with Gasteiger partial charge < -0.3 is 10.4 Å². The highest BCUT2D eigenvalue weighted by molar-refractivity contribution is 6.29. The van der Waals surface area contributed by atoms with Gasteiger partial charge in [-0.25, -0.2) is 0 Å². The molecule has 1 rings (SSSR count). The molecule has 0 aliphatic rings. The van der Waals surface area contributed by atoms with Gasteiger partial charge in [-0.1, -0.05) is 11.6 Å². The summed E-state index contributed by atoms with van der Waals surface area (Å²) in [5.74, 6) is 0.660. The smallest absolute Gasteiger partial charge is 0.151 e. The first-order chi connectivity index (χ1) is 6.53. The van der Waals surface area contributed by atoms with Crippen molar-refractivity contribution >= 4 is 17.4 Å². The molecule has 0 saturated carbocycles. The molecule has 1 aromatic rings. The number of hydrogen-bond donors (Lipinski definition) is 2. The minimum Gasteiger partial charge on any atom is -0.396 e. The molecule has 0 spiro atoms. The van der Waals surface area contributed by atoms with E-state index in [1.165, 1.54) is 0 Å². The standard InChI is InChI=1S/C9H14ClN3O/c1-9(2,5-6-14)11-8-4-3-7(10)12-13-8/h3-4,14H,5-6H2,1-2H3,(H,11,13). The van der Waals surface area contributed by atoms with E-state index in [1.54, 1.807) is 12.1 Å². The van der Waals surface area contributed by atoms with Gasteiger partial charge in [0.15, 0.2) is 5.15 Å². The highest BCUT2D eigenvalue weighted by Gasteiger charge is 2.16. The Morgan fingerprint density at radius 1 is 1.43 bits per heavy atom. The van der Waals surface area contributed by atoms with Crippen LogP contribution in [0.25, 0.3) is 0 Å². The van der Waals surface area contributed by atoms with Gasteiger partial charge in [0.25, 0.3) is 0 Å². The van der Waals surface area contributed by atoms with Gasteiger partial charge in [0.05, 0.1) is 0 Å². The summed E-state index contributed by atoms with van der Waals surface area (Å²) in [7, 11) is 0. The van der Waals surface area contributed by atoms with E-state index >= 15 is 0 Å². The van der Waals surface area contributed by atoms with Crippen LogP contribution in [-0.4, -0.2) is 27.4 Å². The van der Waals surface area contributed by atoms with Gasteiger partial charge in [0, 0.05) is 12.1 Å². The number of rotatable bonds is 4. The number of aromatic nitrogens is 2. The lowest BCUT2D eigenvalue weighted by atomic mass is 10.0. The second-order valence-corrected chi connectivity index (χ2v) is 4.11. The van der Waals surface area contributed by atoms with Crippen LogP contribution in [0, 0.1) is 0 Å². The number of aliphatic hydroxyl groups excluding tert-OH is 1. The molecule has 0 bridgehead atoms. The van der Waals surface area contributed by atoms with Crippen molar-refractivity contribution in [1.29, 1.82) is 0 Å².